The van der Waals surface area contributed by atoms with Crippen LogP contribution in [-0.4, -0.2) is 24.0 Å². The molecule has 2 aliphatic carbocycles. The van der Waals surface area contributed by atoms with Crippen LogP contribution < -0.4 is 4.74 Å². The molecule has 1 unspecified atom stereocenters. The lowest BCUT2D eigenvalue weighted by molar-refractivity contribution is -0.137. The maximum atomic E-state index is 12.8. The monoisotopic (exact) mass is 285 g/mol. The number of carbonyl (C=O) groups excluding carboxylic acids is 1. The van der Waals surface area contributed by atoms with E-state index in [4.69, 9.17) is 4.74 Å². The smallest absolute Gasteiger partial charge is 0.226 e. The van der Waals surface area contributed by atoms with Gasteiger partial charge in [-0.25, -0.2) is 0 Å². The van der Waals surface area contributed by atoms with Crippen LogP contribution >= 0.6 is 0 Å². The van der Waals surface area contributed by atoms with Crippen LogP contribution in [0.25, 0.3) is 0 Å². The fourth-order valence-corrected chi connectivity index (χ4v) is 2.95. The summed E-state index contributed by atoms with van der Waals surface area (Å²) in [5.41, 5.74) is 1.18. The number of methoxy groups -OCH3 is 1. The lowest BCUT2D eigenvalue weighted by Crippen LogP contribution is -2.37. The van der Waals surface area contributed by atoms with E-state index in [-0.39, 0.29) is 5.92 Å². The van der Waals surface area contributed by atoms with Gasteiger partial charge < -0.3 is 9.64 Å². The van der Waals surface area contributed by atoms with Gasteiger partial charge in [-0.1, -0.05) is 24.3 Å². The Morgan fingerprint density at radius 1 is 1.19 bits per heavy atom. The molecule has 0 saturated heterocycles. The number of hydrogen-bond donors (Lipinski definition) is 0. The van der Waals surface area contributed by atoms with Crippen LogP contribution in [0.5, 0.6) is 5.75 Å². The Morgan fingerprint density at radius 3 is 2.52 bits per heavy atom. The van der Waals surface area contributed by atoms with Gasteiger partial charge in [-0.2, -0.15) is 0 Å². The van der Waals surface area contributed by atoms with Crippen LogP contribution in [0.1, 0.15) is 37.7 Å². The zero-order valence-electron chi connectivity index (χ0n) is 12.6. The van der Waals surface area contributed by atoms with Crippen LogP contribution in [0, 0.1) is 5.92 Å². The third-order valence-electron chi connectivity index (χ3n) is 4.40. The highest BCUT2D eigenvalue weighted by atomic mass is 16.5. The summed E-state index contributed by atoms with van der Waals surface area (Å²) in [7, 11) is 1.67. The highest BCUT2D eigenvalue weighted by Crippen LogP contribution is 2.32. The molecule has 1 atom stereocenters. The van der Waals surface area contributed by atoms with Gasteiger partial charge in [0.15, 0.2) is 0 Å². The SMILES string of the molecule is COc1ccc(CN(C(=O)C2CC=CCC2)C2CC2)cc1. The molecule has 0 radical (unpaired) electrons. The van der Waals surface area contributed by atoms with Gasteiger partial charge in [0.05, 0.1) is 7.11 Å². The van der Waals surface area contributed by atoms with E-state index in [2.05, 4.69) is 29.2 Å². The molecule has 1 saturated carbocycles. The standard InChI is InChI=1S/C18H23NO2/c1-21-17-11-7-14(8-12-17)13-19(16-9-10-16)18(20)15-5-3-2-4-6-15/h2-3,7-8,11-12,15-16H,4-6,9-10,13H2,1H3. The Kier molecular flexibility index (Phi) is 4.28. The van der Waals surface area contributed by atoms with Crippen molar-refractivity contribution in [1.29, 1.82) is 0 Å². The van der Waals surface area contributed by atoms with Gasteiger partial charge in [0, 0.05) is 18.5 Å². The average molecular weight is 285 g/mol. The van der Waals surface area contributed by atoms with Crippen molar-refractivity contribution in [2.75, 3.05) is 7.11 Å². The van der Waals surface area contributed by atoms with Crippen LogP contribution in [0.3, 0.4) is 0 Å². The van der Waals surface area contributed by atoms with Gasteiger partial charge in [0.25, 0.3) is 0 Å². The molecule has 1 fully saturated rings. The molecule has 0 aromatic heterocycles. The quantitative estimate of drug-likeness (QED) is 0.774. The minimum absolute atomic E-state index is 0.189. The molecule has 1 aromatic carbocycles. The molecule has 0 bridgehead atoms. The van der Waals surface area contributed by atoms with Crippen molar-refractivity contribution in [3.05, 3.63) is 42.0 Å². The Morgan fingerprint density at radius 2 is 1.95 bits per heavy atom. The summed E-state index contributed by atoms with van der Waals surface area (Å²) in [6.45, 7) is 0.730. The summed E-state index contributed by atoms with van der Waals surface area (Å²) in [5.74, 6) is 1.40. The zero-order chi connectivity index (χ0) is 14.7. The van der Waals surface area contributed by atoms with E-state index in [1.54, 1.807) is 7.11 Å². The predicted octanol–water partition coefficient (Wildman–Crippen LogP) is 3.54. The first-order valence-electron chi connectivity index (χ1n) is 7.86. The second-order valence-electron chi connectivity index (χ2n) is 6.03. The molecule has 2 aliphatic rings. The second-order valence-corrected chi connectivity index (χ2v) is 6.03. The number of amides is 1. The topological polar surface area (TPSA) is 29.5 Å². The lowest BCUT2D eigenvalue weighted by atomic mass is 9.93. The first-order chi connectivity index (χ1) is 10.3. The van der Waals surface area contributed by atoms with Gasteiger partial charge in [-0.05, 0) is 49.8 Å². The van der Waals surface area contributed by atoms with Gasteiger partial charge in [0.1, 0.15) is 5.75 Å². The highest BCUT2D eigenvalue weighted by Gasteiger charge is 2.35. The van der Waals surface area contributed by atoms with Crippen LogP contribution in [-0.2, 0) is 11.3 Å². The molecule has 112 valence electrons. The Labute approximate surface area is 126 Å². The fourth-order valence-electron chi connectivity index (χ4n) is 2.95. The molecule has 3 rings (SSSR count). The van der Waals surface area contributed by atoms with Crippen molar-refractivity contribution < 1.29 is 9.53 Å². The predicted molar refractivity (Wildman–Crippen MR) is 83.0 cm³/mol. The number of carbonyl (C=O) groups is 1. The molecule has 3 nitrogen and oxygen atoms in total. The largest absolute Gasteiger partial charge is 0.497 e. The van der Waals surface area contributed by atoms with E-state index in [0.717, 1.165) is 44.4 Å². The van der Waals surface area contributed by atoms with E-state index in [0.29, 0.717) is 11.9 Å². The van der Waals surface area contributed by atoms with Crippen molar-refractivity contribution in [3.8, 4) is 5.75 Å². The van der Waals surface area contributed by atoms with Crippen LogP contribution in [0.2, 0.25) is 0 Å². The maximum absolute atomic E-state index is 12.8. The lowest BCUT2D eigenvalue weighted by Gasteiger charge is -2.28. The van der Waals surface area contributed by atoms with Crippen LogP contribution in [0.15, 0.2) is 36.4 Å². The van der Waals surface area contributed by atoms with Gasteiger partial charge in [0.2, 0.25) is 5.91 Å². The zero-order valence-corrected chi connectivity index (χ0v) is 12.6. The van der Waals surface area contributed by atoms with Crippen molar-refractivity contribution in [1.82, 2.24) is 4.90 Å². The third-order valence-corrected chi connectivity index (χ3v) is 4.40. The van der Waals surface area contributed by atoms with E-state index in [1.165, 1.54) is 5.56 Å². The second kappa shape index (κ2) is 6.33. The minimum atomic E-state index is 0.189. The number of benzene rings is 1. The molecule has 1 aromatic rings. The third kappa shape index (κ3) is 3.46. The minimum Gasteiger partial charge on any atom is -0.497 e. The number of ether oxygens (including phenoxy) is 1. The van der Waals surface area contributed by atoms with Crippen LogP contribution in [0.4, 0.5) is 0 Å². The summed E-state index contributed by atoms with van der Waals surface area (Å²) in [5, 5.41) is 0. The molecule has 21 heavy (non-hydrogen) atoms. The molecule has 0 aliphatic heterocycles. The molecule has 1 amide bonds. The summed E-state index contributed by atoms with van der Waals surface area (Å²) < 4.78 is 5.19. The first kappa shape index (κ1) is 14.2. The van der Waals surface area contributed by atoms with E-state index < -0.39 is 0 Å². The van der Waals surface area contributed by atoms with Crippen molar-refractivity contribution in [2.45, 2.75) is 44.7 Å². The normalized spacial score (nSPS) is 21.1. The van der Waals surface area contributed by atoms with E-state index >= 15 is 0 Å². The maximum Gasteiger partial charge on any atom is 0.226 e. The van der Waals surface area contributed by atoms with Crippen molar-refractivity contribution in [3.63, 3.8) is 0 Å². The molecule has 0 spiro atoms. The summed E-state index contributed by atoms with van der Waals surface area (Å²) >= 11 is 0. The Hall–Kier alpha value is -1.77. The summed E-state index contributed by atoms with van der Waals surface area (Å²) in [6.07, 6.45) is 9.61. The number of nitrogens with zero attached hydrogens (tertiary/aromatic N) is 1. The van der Waals surface area contributed by atoms with Crippen molar-refractivity contribution in [2.24, 2.45) is 5.92 Å². The van der Waals surface area contributed by atoms with Gasteiger partial charge >= 0.3 is 0 Å². The molecule has 0 N–H and O–H groups in total. The number of hydrogen-bond acceptors (Lipinski definition) is 2. The molecular formula is C18H23NO2. The number of allylic oxidation sites excluding steroid dienone is 2. The summed E-state index contributed by atoms with van der Waals surface area (Å²) in [4.78, 5) is 14.9. The highest BCUT2D eigenvalue weighted by molar-refractivity contribution is 5.79. The van der Waals surface area contributed by atoms with Gasteiger partial charge in [-0.15, -0.1) is 0 Å². The summed E-state index contributed by atoms with van der Waals surface area (Å²) in [6, 6.07) is 8.51. The van der Waals surface area contributed by atoms with E-state index in [1.807, 2.05) is 12.1 Å². The average Bonchev–Trinajstić information content (AvgIpc) is 3.38. The fraction of sp³-hybridized carbons (Fsp3) is 0.500. The molecule has 0 heterocycles. The van der Waals surface area contributed by atoms with Crippen molar-refractivity contribution >= 4 is 5.91 Å². The number of rotatable bonds is 5. The Bertz CT molecular complexity index is 517. The van der Waals surface area contributed by atoms with Gasteiger partial charge in [-0.3, -0.25) is 4.79 Å². The Balaban J connectivity index is 1.68. The molecule has 3 heteroatoms. The molecular weight excluding hydrogens is 262 g/mol. The van der Waals surface area contributed by atoms with E-state index in [9.17, 15) is 4.79 Å². The first-order valence-corrected chi connectivity index (χ1v) is 7.86.